The first kappa shape index (κ1) is 12.4. The second-order valence-electron chi connectivity index (χ2n) is 4.19. The second-order valence-corrected chi connectivity index (χ2v) is 4.19. The molecule has 102 valence electrons. The summed E-state index contributed by atoms with van der Waals surface area (Å²) in [5, 5.41) is 4.93. The van der Waals surface area contributed by atoms with E-state index in [0.717, 1.165) is 16.8 Å². The zero-order valence-corrected chi connectivity index (χ0v) is 11.3. The van der Waals surface area contributed by atoms with Crippen LogP contribution in [0.5, 0.6) is 17.4 Å². The average Bonchev–Trinajstić information content (AvgIpc) is 2.84. The maximum atomic E-state index is 5.78. The Morgan fingerprint density at radius 3 is 2.60 bits per heavy atom. The molecule has 3 rings (SSSR count). The van der Waals surface area contributed by atoms with Crippen molar-refractivity contribution < 1.29 is 9.47 Å². The van der Waals surface area contributed by atoms with Gasteiger partial charge in [-0.25, -0.2) is 9.97 Å². The molecule has 2 heterocycles. The van der Waals surface area contributed by atoms with E-state index in [4.69, 9.17) is 9.47 Å². The number of rotatable bonds is 4. The molecule has 0 saturated carbocycles. The van der Waals surface area contributed by atoms with Gasteiger partial charge in [-0.15, -0.1) is 0 Å². The molecule has 2 aromatic heterocycles. The van der Waals surface area contributed by atoms with Crippen LogP contribution < -0.4 is 9.47 Å². The molecule has 0 unspecified atom stereocenters. The highest BCUT2D eigenvalue weighted by atomic mass is 16.5. The van der Waals surface area contributed by atoms with E-state index in [2.05, 4.69) is 15.1 Å². The molecule has 3 aromatic rings. The Labute approximate surface area is 116 Å². The number of aromatic nitrogens is 4. The van der Waals surface area contributed by atoms with E-state index in [1.54, 1.807) is 10.9 Å². The zero-order chi connectivity index (χ0) is 13.9. The highest BCUT2D eigenvalue weighted by Crippen LogP contribution is 2.27. The molecule has 1 aromatic carbocycles. The number of benzene rings is 1. The lowest BCUT2D eigenvalue weighted by atomic mass is 10.3. The maximum absolute atomic E-state index is 5.78. The number of fused-ring (bicyclic) bond motifs is 1. The first-order valence-corrected chi connectivity index (χ1v) is 6.31. The molecule has 20 heavy (non-hydrogen) atoms. The highest BCUT2D eigenvalue weighted by Gasteiger charge is 2.09. The van der Waals surface area contributed by atoms with Crippen LogP contribution >= 0.6 is 0 Å². The molecule has 0 amide bonds. The fourth-order valence-corrected chi connectivity index (χ4v) is 1.90. The predicted molar refractivity (Wildman–Crippen MR) is 74.0 cm³/mol. The Hall–Kier alpha value is -2.63. The molecular formula is C14H14N4O2. The van der Waals surface area contributed by atoms with Gasteiger partial charge in [-0.05, 0) is 31.2 Å². The van der Waals surface area contributed by atoms with Crippen molar-refractivity contribution >= 4 is 11.0 Å². The molecular weight excluding hydrogens is 256 g/mol. The van der Waals surface area contributed by atoms with Crippen molar-refractivity contribution in [1.82, 2.24) is 19.7 Å². The monoisotopic (exact) mass is 270 g/mol. The summed E-state index contributed by atoms with van der Waals surface area (Å²) in [4.78, 5) is 8.33. The fourth-order valence-electron chi connectivity index (χ4n) is 1.90. The summed E-state index contributed by atoms with van der Waals surface area (Å²) in [7, 11) is 1.83. The van der Waals surface area contributed by atoms with E-state index in [1.807, 2.05) is 38.2 Å². The molecule has 0 spiro atoms. The standard InChI is InChI=1S/C14H14N4O2/c1-3-19-10-4-6-11(7-5-10)20-14-12-8-17-18(2)13(12)15-9-16-14/h4-9H,3H2,1-2H3. The third kappa shape index (κ3) is 2.27. The van der Waals surface area contributed by atoms with Crippen LogP contribution in [0.15, 0.2) is 36.8 Å². The van der Waals surface area contributed by atoms with Crippen molar-refractivity contribution in [2.24, 2.45) is 7.05 Å². The summed E-state index contributed by atoms with van der Waals surface area (Å²) in [6.07, 6.45) is 3.16. The van der Waals surface area contributed by atoms with Crippen LogP contribution in [0.25, 0.3) is 11.0 Å². The molecule has 6 nitrogen and oxygen atoms in total. The van der Waals surface area contributed by atoms with Crippen LogP contribution in [0.2, 0.25) is 0 Å². The van der Waals surface area contributed by atoms with E-state index in [-0.39, 0.29) is 0 Å². The SMILES string of the molecule is CCOc1ccc(Oc2ncnc3c2cnn3C)cc1. The first-order chi connectivity index (χ1) is 9.78. The van der Waals surface area contributed by atoms with Gasteiger partial charge in [0.15, 0.2) is 5.65 Å². The topological polar surface area (TPSA) is 62.1 Å². The minimum Gasteiger partial charge on any atom is -0.494 e. The van der Waals surface area contributed by atoms with Crippen LogP contribution in [0.1, 0.15) is 6.92 Å². The maximum Gasteiger partial charge on any atom is 0.233 e. The summed E-state index contributed by atoms with van der Waals surface area (Å²) < 4.78 is 12.9. The van der Waals surface area contributed by atoms with E-state index < -0.39 is 0 Å². The number of ether oxygens (including phenoxy) is 2. The van der Waals surface area contributed by atoms with E-state index in [1.165, 1.54) is 6.33 Å². The minimum atomic E-state index is 0.493. The molecule has 0 atom stereocenters. The molecule has 0 aliphatic rings. The molecule has 6 heteroatoms. The van der Waals surface area contributed by atoms with E-state index in [0.29, 0.717) is 18.2 Å². The van der Waals surface area contributed by atoms with Gasteiger partial charge < -0.3 is 9.47 Å². The molecule has 0 saturated heterocycles. The van der Waals surface area contributed by atoms with Crippen LogP contribution in [-0.4, -0.2) is 26.4 Å². The Bertz CT molecular complexity index is 722. The molecule has 0 aliphatic heterocycles. The normalized spacial score (nSPS) is 10.7. The molecule has 0 fully saturated rings. The van der Waals surface area contributed by atoms with E-state index in [9.17, 15) is 0 Å². The average molecular weight is 270 g/mol. The smallest absolute Gasteiger partial charge is 0.233 e. The van der Waals surface area contributed by atoms with E-state index >= 15 is 0 Å². The highest BCUT2D eigenvalue weighted by molar-refractivity contribution is 5.79. The van der Waals surface area contributed by atoms with Crippen LogP contribution in [0.4, 0.5) is 0 Å². The summed E-state index contributed by atoms with van der Waals surface area (Å²) in [6, 6.07) is 7.41. The Morgan fingerprint density at radius 1 is 1.10 bits per heavy atom. The van der Waals surface area contributed by atoms with Crippen LogP contribution in [0.3, 0.4) is 0 Å². The summed E-state index contributed by atoms with van der Waals surface area (Å²) in [5.74, 6) is 2.00. The minimum absolute atomic E-state index is 0.493. The summed E-state index contributed by atoms with van der Waals surface area (Å²) in [6.45, 7) is 2.59. The number of aryl methyl sites for hydroxylation is 1. The molecule has 0 N–H and O–H groups in total. The number of hydrogen-bond donors (Lipinski definition) is 0. The van der Waals surface area contributed by atoms with Gasteiger partial charge in [-0.2, -0.15) is 5.10 Å². The van der Waals surface area contributed by atoms with Gasteiger partial charge >= 0.3 is 0 Å². The van der Waals surface area contributed by atoms with Gasteiger partial charge in [-0.1, -0.05) is 0 Å². The number of nitrogens with zero attached hydrogens (tertiary/aromatic N) is 4. The van der Waals surface area contributed by atoms with Crippen LogP contribution in [-0.2, 0) is 7.05 Å². The van der Waals surface area contributed by atoms with Crippen LogP contribution in [0, 0.1) is 0 Å². The Morgan fingerprint density at radius 2 is 1.85 bits per heavy atom. The van der Waals surface area contributed by atoms with Gasteiger partial charge in [0.1, 0.15) is 23.2 Å². The lowest BCUT2D eigenvalue weighted by molar-refractivity contribution is 0.339. The van der Waals surface area contributed by atoms with Gasteiger partial charge in [0.2, 0.25) is 5.88 Å². The first-order valence-electron chi connectivity index (χ1n) is 6.31. The second kappa shape index (κ2) is 5.16. The van der Waals surface area contributed by atoms with Crippen molar-refractivity contribution in [3.05, 3.63) is 36.8 Å². The Kier molecular flexibility index (Phi) is 3.20. The van der Waals surface area contributed by atoms with Gasteiger partial charge in [0, 0.05) is 7.05 Å². The summed E-state index contributed by atoms with van der Waals surface area (Å²) in [5.41, 5.74) is 0.737. The summed E-state index contributed by atoms with van der Waals surface area (Å²) >= 11 is 0. The molecule has 0 aliphatic carbocycles. The van der Waals surface area contributed by atoms with Crippen molar-refractivity contribution in [3.8, 4) is 17.4 Å². The van der Waals surface area contributed by atoms with Crippen molar-refractivity contribution in [1.29, 1.82) is 0 Å². The Balaban J connectivity index is 1.89. The van der Waals surface area contributed by atoms with Crippen molar-refractivity contribution in [2.75, 3.05) is 6.61 Å². The third-order valence-electron chi connectivity index (χ3n) is 2.84. The lowest BCUT2D eigenvalue weighted by Crippen LogP contribution is -1.94. The van der Waals surface area contributed by atoms with Gasteiger partial charge in [0.05, 0.1) is 12.8 Å². The van der Waals surface area contributed by atoms with Crippen molar-refractivity contribution in [2.45, 2.75) is 6.92 Å². The van der Waals surface area contributed by atoms with Gasteiger partial charge in [0.25, 0.3) is 0 Å². The molecule has 0 radical (unpaired) electrons. The number of hydrogen-bond acceptors (Lipinski definition) is 5. The third-order valence-corrected chi connectivity index (χ3v) is 2.84. The van der Waals surface area contributed by atoms with Gasteiger partial charge in [-0.3, -0.25) is 4.68 Å². The molecule has 0 bridgehead atoms. The quantitative estimate of drug-likeness (QED) is 0.729. The largest absolute Gasteiger partial charge is 0.494 e. The van der Waals surface area contributed by atoms with Crippen molar-refractivity contribution in [3.63, 3.8) is 0 Å². The predicted octanol–water partition coefficient (Wildman–Crippen LogP) is 2.55. The lowest BCUT2D eigenvalue weighted by Gasteiger charge is -2.07. The zero-order valence-electron chi connectivity index (χ0n) is 11.3. The fraction of sp³-hybridized carbons (Fsp3) is 0.214.